The summed E-state index contributed by atoms with van der Waals surface area (Å²) in [5.74, 6) is 0.685. The van der Waals surface area contributed by atoms with Gasteiger partial charge in [0, 0.05) is 38.2 Å². The minimum absolute atomic E-state index is 0.269. The zero-order valence-corrected chi connectivity index (χ0v) is 28.2. The highest BCUT2D eigenvalue weighted by atomic mass is 16.3. The molecule has 10 aromatic rings. The first-order chi connectivity index (χ1) is 25.8. The second-order valence-electron chi connectivity index (χ2n) is 13.7. The number of para-hydroxylation sites is 1. The molecule has 0 fully saturated rings. The largest absolute Gasteiger partial charge is 0.455 e. The molecule has 3 heterocycles. The van der Waals surface area contributed by atoms with Crippen LogP contribution < -0.4 is 0 Å². The first-order valence-electron chi connectivity index (χ1n) is 17.9. The highest BCUT2D eigenvalue weighted by Crippen LogP contribution is 2.42. The maximum Gasteiger partial charge on any atom is 0.160 e. The minimum Gasteiger partial charge on any atom is -0.455 e. The molecule has 1 aliphatic rings. The number of fused-ring (bicyclic) bond motifs is 10. The molecule has 244 valence electrons. The van der Waals surface area contributed by atoms with Crippen LogP contribution >= 0.6 is 0 Å². The van der Waals surface area contributed by atoms with Crippen molar-refractivity contribution in [2.45, 2.75) is 12.5 Å². The summed E-state index contributed by atoms with van der Waals surface area (Å²) in [7, 11) is 0. The molecule has 0 saturated carbocycles. The van der Waals surface area contributed by atoms with E-state index in [-0.39, 0.29) is 6.04 Å². The van der Waals surface area contributed by atoms with Gasteiger partial charge in [0.05, 0.1) is 28.2 Å². The standard InChI is InChI=1S/C48H31N3O/c1-3-13-31(14-4-1)46-45-40(25-24-38-37-20-9-10-21-43(37)52-47(38)45)49-48(50-46)34-16-11-15-32(28-34)33-23-26-41-39(29-33)44-36-19-8-7-12-30(36)22-27-42(44)51(41)35-17-5-2-6-18-35/h1-17,19-29,35H,18H2. The topological polar surface area (TPSA) is 43.9 Å². The van der Waals surface area contributed by atoms with Crippen LogP contribution in [0.4, 0.5) is 0 Å². The summed E-state index contributed by atoms with van der Waals surface area (Å²) >= 11 is 0. The fraction of sp³-hybridized carbons (Fsp3) is 0.0417. The van der Waals surface area contributed by atoms with E-state index in [1.165, 1.54) is 32.6 Å². The minimum atomic E-state index is 0.269. The van der Waals surface area contributed by atoms with Gasteiger partial charge in [-0.2, -0.15) is 0 Å². The molecule has 4 heteroatoms. The Kier molecular flexibility index (Phi) is 6.34. The number of aromatic nitrogens is 3. The Morgan fingerprint density at radius 1 is 0.538 bits per heavy atom. The summed E-state index contributed by atoms with van der Waals surface area (Å²) < 4.78 is 9.01. The Morgan fingerprint density at radius 2 is 1.33 bits per heavy atom. The van der Waals surface area contributed by atoms with Crippen LogP contribution in [0.2, 0.25) is 0 Å². The van der Waals surface area contributed by atoms with Crippen molar-refractivity contribution < 1.29 is 4.42 Å². The molecule has 0 aliphatic heterocycles. The summed E-state index contributed by atoms with van der Waals surface area (Å²) in [4.78, 5) is 10.5. The predicted octanol–water partition coefficient (Wildman–Crippen LogP) is 12.8. The van der Waals surface area contributed by atoms with Crippen LogP contribution in [0.5, 0.6) is 0 Å². The van der Waals surface area contributed by atoms with Crippen molar-refractivity contribution in [1.29, 1.82) is 0 Å². The Balaban J connectivity index is 1.10. The first kappa shape index (κ1) is 29.0. The van der Waals surface area contributed by atoms with Gasteiger partial charge in [-0.3, -0.25) is 0 Å². The predicted molar refractivity (Wildman–Crippen MR) is 216 cm³/mol. The highest BCUT2D eigenvalue weighted by molar-refractivity contribution is 6.21. The van der Waals surface area contributed by atoms with Gasteiger partial charge in [-0.1, -0.05) is 127 Å². The van der Waals surface area contributed by atoms with E-state index in [9.17, 15) is 0 Å². The van der Waals surface area contributed by atoms with Crippen molar-refractivity contribution in [3.8, 4) is 33.8 Å². The van der Waals surface area contributed by atoms with E-state index in [0.717, 1.165) is 67.2 Å². The molecule has 3 aromatic heterocycles. The van der Waals surface area contributed by atoms with Gasteiger partial charge in [-0.25, -0.2) is 9.97 Å². The molecule has 1 aliphatic carbocycles. The van der Waals surface area contributed by atoms with Gasteiger partial charge in [0.2, 0.25) is 0 Å². The lowest BCUT2D eigenvalue weighted by Crippen LogP contribution is -2.06. The van der Waals surface area contributed by atoms with E-state index in [0.29, 0.717) is 5.82 Å². The summed E-state index contributed by atoms with van der Waals surface area (Å²) in [5.41, 5.74) is 10.2. The Bertz CT molecular complexity index is 3110. The molecular formula is C48H31N3O. The van der Waals surface area contributed by atoms with Crippen molar-refractivity contribution in [1.82, 2.24) is 14.5 Å². The number of hydrogen-bond donors (Lipinski definition) is 0. The third-order valence-corrected chi connectivity index (χ3v) is 10.7. The van der Waals surface area contributed by atoms with Crippen LogP contribution in [0.3, 0.4) is 0 Å². The fourth-order valence-electron chi connectivity index (χ4n) is 8.29. The van der Waals surface area contributed by atoms with E-state index in [1.54, 1.807) is 0 Å². The lowest BCUT2D eigenvalue weighted by atomic mass is 9.98. The van der Waals surface area contributed by atoms with Gasteiger partial charge < -0.3 is 8.98 Å². The highest BCUT2D eigenvalue weighted by Gasteiger charge is 2.21. The zero-order valence-electron chi connectivity index (χ0n) is 28.2. The normalized spacial score (nSPS) is 14.5. The Morgan fingerprint density at radius 3 is 2.23 bits per heavy atom. The Labute approximate surface area is 299 Å². The molecule has 0 amide bonds. The molecule has 7 aromatic carbocycles. The van der Waals surface area contributed by atoms with Crippen molar-refractivity contribution in [3.05, 3.63) is 170 Å². The van der Waals surface area contributed by atoms with Gasteiger partial charge in [-0.05, 0) is 70.8 Å². The molecule has 11 rings (SSSR count). The number of rotatable bonds is 4. The number of nitrogens with zero attached hydrogens (tertiary/aromatic N) is 3. The number of allylic oxidation sites excluding steroid dienone is 4. The number of benzene rings is 7. The second kappa shape index (κ2) is 11.4. The van der Waals surface area contributed by atoms with Gasteiger partial charge in [-0.15, -0.1) is 0 Å². The van der Waals surface area contributed by atoms with Gasteiger partial charge in [0.25, 0.3) is 0 Å². The monoisotopic (exact) mass is 665 g/mol. The van der Waals surface area contributed by atoms with E-state index in [1.807, 2.05) is 18.2 Å². The molecular weight excluding hydrogens is 635 g/mol. The van der Waals surface area contributed by atoms with Crippen LogP contribution in [0.15, 0.2) is 174 Å². The molecule has 0 spiro atoms. The summed E-state index contributed by atoms with van der Waals surface area (Å²) in [6.45, 7) is 0. The first-order valence-corrected chi connectivity index (χ1v) is 17.9. The van der Waals surface area contributed by atoms with Crippen LogP contribution in [-0.2, 0) is 0 Å². The van der Waals surface area contributed by atoms with Crippen LogP contribution in [0.25, 0.3) is 99.2 Å². The molecule has 0 saturated heterocycles. The smallest absolute Gasteiger partial charge is 0.160 e. The van der Waals surface area contributed by atoms with E-state index >= 15 is 0 Å². The van der Waals surface area contributed by atoms with E-state index < -0.39 is 0 Å². The zero-order chi connectivity index (χ0) is 34.2. The second-order valence-corrected chi connectivity index (χ2v) is 13.7. The van der Waals surface area contributed by atoms with Crippen molar-refractivity contribution in [3.63, 3.8) is 0 Å². The van der Waals surface area contributed by atoms with Crippen LogP contribution in [0, 0.1) is 0 Å². The number of furan rings is 1. The number of hydrogen-bond acceptors (Lipinski definition) is 3. The average Bonchev–Trinajstić information content (AvgIpc) is 3.77. The van der Waals surface area contributed by atoms with Gasteiger partial charge in [0.1, 0.15) is 11.2 Å². The van der Waals surface area contributed by atoms with Crippen molar-refractivity contribution in [2.75, 3.05) is 0 Å². The fourth-order valence-corrected chi connectivity index (χ4v) is 8.29. The molecule has 4 nitrogen and oxygen atoms in total. The third kappa shape index (κ3) is 4.41. The molecule has 1 unspecified atom stereocenters. The maximum absolute atomic E-state index is 6.49. The summed E-state index contributed by atoms with van der Waals surface area (Å²) in [5, 5.41) is 8.19. The quantitative estimate of drug-likeness (QED) is 0.188. The van der Waals surface area contributed by atoms with Gasteiger partial charge in [0.15, 0.2) is 5.82 Å². The molecule has 0 bridgehead atoms. The van der Waals surface area contributed by atoms with Crippen molar-refractivity contribution >= 4 is 65.4 Å². The molecule has 0 N–H and O–H groups in total. The lowest BCUT2D eigenvalue weighted by molar-refractivity contribution is 0.648. The molecule has 52 heavy (non-hydrogen) atoms. The Hall–Kier alpha value is -6.78. The van der Waals surface area contributed by atoms with E-state index in [4.69, 9.17) is 14.4 Å². The van der Waals surface area contributed by atoms with Crippen LogP contribution in [-0.4, -0.2) is 14.5 Å². The average molecular weight is 666 g/mol. The van der Waals surface area contributed by atoms with Crippen LogP contribution in [0.1, 0.15) is 12.5 Å². The van der Waals surface area contributed by atoms with Gasteiger partial charge >= 0.3 is 0 Å². The lowest BCUT2D eigenvalue weighted by Gasteiger charge is -2.18. The third-order valence-electron chi connectivity index (χ3n) is 10.7. The maximum atomic E-state index is 6.49. The SMILES string of the molecule is C1=CCC(n2c3ccc(-c4cccc(-c5nc(-c6ccccc6)c6c(ccc7c8ccccc8oc76)n5)c4)cc3c3c4ccccc4ccc32)C=C1. The molecule has 1 atom stereocenters. The summed E-state index contributed by atoms with van der Waals surface area (Å²) in [6.07, 6.45) is 9.87. The van der Waals surface area contributed by atoms with Crippen molar-refractivity contribution in [2.24, 2.45) is 0 Å². The summed E-state index contributed by atoms with van der Waals surface area (Å²) in [6, 6.07) is 51.9. The molecule has 0 radical (unpaired) electrons. The van der Waals surface area contributed by atoms with E-state index in [2.05, 4.69) is 156 Å².